The molecule has 0 spiro atoms. The molecule has 1 aromatic rings. The Hall–Kier alpha value is -1.06. The first kappa shape index (κ1) is 13.4. The summed E-state index contributed by atoms with van der Waals surface area (Å²) in [5, 5.41) is 12.4. The Bertz CT molecular complexity index is 357. The summed E-state index contributed by atoms with van der Waals surface area (Å²) < 4.78 is 5.17. The van der Waals surface area contributed by atoms with Gasteiger partial charge in [-0.1, -0.05) is 12.1 Å². The van der Waals surface area contributed by atoms with Crippen LogP contribution in [0.5, 0.6) is 5.75 Å². The second kappa shape index (κ2) is 6.21. The van der Waals surface area contributed by atoms with Crippen LogP contribution in [0.15, 0.2) is 24.3 Å². The molecule has 1 aliphatic carbocycles. The molecule has 1 atom stereocenters. The molecule has 1 aromatic carbocycles. The van der Waals surface area contributed by atoms with Crippen molar-refractivity contribution < 1.29 is 9.84 Å². The molecule has 100 valence electrons. The standard InChI is InChI=1S/C15H23NO2/c1-11(7-8-17)16-14-9-13(10-14)12-3-5-15(18-2)6-4-12/h3-6,11,13-14,16-17H,7-10H2,1-2H3. The minimum atomic E-state index is 0.267. The normalized spacial score (nSPS) is 24.4. The monoisotopic (exact) mass is 249 g/mol. The van der Waals surface area contributed by atoms with Gasteiger partial charge in [-0.15, -0.1) is 0 Å². The lowest BCUT2D eigenvalue weighted by atomic mass is 9.75. The van der Waals surface area contributed by atoms with Crippen LogP contribution in [-0.2, 0) is 0 Å². The van der Waals surface area contributed by atoms with Gasteiger partial charge in [0.15, 0.2) is 0 Å². The summed E-state index contributed by atoms with van der Waals surface area (Å²) >= 11 is 0. The smallest absolute Gasteiger partial charge is 0.118 e. The molecular weight excluding hydrogens is 226 g/mol. The lowest BCUT2D eigenvalue weighted by Crippen LogP contribution is -2.44. The Morgan fingerprint density at radius 2 is 2.00 bits per heavy atom. The first-order chi connectivity index (χ1) is 8.72. The highest BCUT2D eigenvalue weighted by Crippen LogP contribution is 2.37. The van der Waals surface area contributed by atoms with Gasteiger partial charge < -0.3 is 15.2 Å². The lowest BCUT2D eigenvalue weighted by Gasteiger charge is -2.38. The molecule has 1 fully saturated rings. The predicted molar refractivity (Wildman–Crippen MR) is 73.1 cm³/mol. The van der Waals surface area contributed by atoms with Crippen molar-refractivity contribution in [3.63, 3.8) is 0 Å². The summed E-state index contributed by atoms with van der Waals surface area (Å²) in [4.78, 5) is 0. The molecule has 0 amide bonds. The fraction of sp³-hybridized carbons (Fsp3) is 0.600. The number of aliphatic hydroxyl groups excluding tert-OH is 1. The number of hydrogen-bond donors (Lipinski definition) is 2. The molecule has 0 radical (unpaired) electrons. The van der Waals surface area contributed by atoms with Crippen LogP contribution in [0.1, 0.15) is 37.7 Å². The Balaban J connectivity index is 1.77. The van der Waals surface area contributed by atoms with E-state index >= 15 is 0 Å². The fourth-order valence-corrected chi connectivity index (χ4v) is 2.58. The number of aliphatic hydroxyl groups is 1. The van der Waals surface area contributed by atoms with Gasteiger partial charge in [-0.3, -0.25) is 0 Å². The second-order valence-electron chi connectivity index (χ2n) is 5.22. The van der Waals surface area contributed by atoms with Crippen molar-refractivity contribution in [3.05, 3.63) is 29.8 Å². The van der Waals surface area contributed by atoms with Gasteiger partial charge in [0.25, 0.3) is 0 Å². The van der Waals surface area contributed by atoms with Gasteiger partial charge in [0.2, 0.25) is 0 Å². The van der Waals surface area contributed by atoms with E-state index in [0.29, 0.717) is 18.0 Å². The van der Waals surface area contributed by atoms with Crippen LogP contribution in [0.2, 0.25) is 0 Å². The van der Waals surface area contributed by atoms with Crippen molar-refractivity contribution in [2.24, 2.45) is 0 Å². The molecule has 3 heteroatoms. The van der Waals surface area contributed by atoms with E-state index < -0.39 is 0 Å². The molecule has 1 unspecified atom stereocenters. The summed E-state index contributed by atoms with van der Waals surface area (Å²) in [5.74, 6) is 1.60. The Morgan fingerprint density at radius 3 is 2.56 bits per heavy atom. The summed E-state index contributed by atoms with van der Waals surface area (Å²) in [6, 6.07) is 9.42. The summed E-state index contributed by atoms with van der Waals surface area (Å²) in [7, 11) is 1.70. The van der Waals surface area contributed by atoms with Gasteiger partial charge in [0.1, 0.15) is 5.75 Å². The zero-order chi connectivity index (χ0) is 13.0. The van der Waals surface area contributed by atoms with Crippen LogP contribution in [0.4, 0.5) is 0 Å². The van der Waals surface area contributed by atoms with E-state index in [0.717, 1.165) is 12.2 Å². The number of nitrogens with one attached hydrogen (secondary N) is 1. The van der Waals surface area contributed by atoms with E-state index in [1.54, 1.807) is 7.11 Å². The van der Waals surface area contributed by atoms with Gasteiger partial charge in [-0.05, 0) is 49.8 Å². The van der Waals surface area contributed by atoms with Crippen molar-refractivity contribution >= 4 is 0 Å². The van der Waals surface area contributed by atoms with Gasteiger partial charge in [-0.2, -0.15) is 0 Å². The average Bonchev–Trinajstić information content (AvgIpc) is 2.34. The first-order valence-electron chi connectivity index (χ1n) is 6.73. The summed E-state index contributed by atoms with van der Waals surface area (Å²) in [6.45, 7) is 2.40. The van der Waals surface area contributed by atoms with Crippen molar-refractivity contribution in [2.75, 3.05) is 13.7 Å². The molecule has 2 N–H and O–H groups in total. The maximum absolute atomic E-state index is 8.87. The van der Waals surface area contributed by atoms with Gasteiger partial charge in [-0.25, -0.2) is 0 Å². The van der Waals surface area contributed by atoms with Crippen molar-refractivity contribution in [3.8, 4) is 5.75 Å². The number of hydrogen-bond acceptors (Lipinski definition) is 3. The average molecular weight is 249 g/mol. The molecular formula is C15H23NO2. The van der Waals surface area contributed by atoms with E-state index in [2.05, 4.69) is 24.4 Å². The van der Waals surface area contributed by atoms with Crippen LogP contribution in [0, 0.1) is 0 Å². The van der Waals surface area contributed by atoms with Crippen LogP contribution in [-0.4, -0.2) is 30.9 Å². The van der Waals surface area contributed by atoms with E-state index in [1.165, 1.54) is 18.4 Å². The minimum absolute atomic E-state index is 0.267. The number of rotatable bonds is 6. The Labute approximate surface area is 109 Å². The quantitative estimate of drug-likeness (QED) is 0.813. The lowest BCUT2D eigenvalue weighted by molar-refractivity contribution is 0.230. The molecule has 1 saturated carbocycles. The van der Waals surface area contributed by atoms with E-state index in [4.69, 9.17) is 9.84 Å². The molecule has 3 nitrogen and oxygen atoms in total. The third-order valence-corrected chi connectivity index (χ3v) is 3.81. The summed E-state index contributed by atoms with van der Waals surface area (Å²) in [6.07, 6.45) is 3.23. The number of ether oxygens (including phenoxy) is 1. The predicted octanol–water partition coefficient (Wildman–Crippen LogP) is 2.30. The molecule has 0 bridgehead atoms. The molecule has 0 aliphatic heterocycles. The van der Waals surface area contributed by atoms with Crippen LogP contribution in [0.25, 0.3) is 0 Å². The first-order valence-corrected chi connectivity index (χ1v) is 6.73. The number of benzene rings is 1. The highest BCUT2D eigenvalue weighted by atomic mass is 16.5. The minimum Gasteiger partial charge on any atom is -0.497 e. The molecule has 1 aliphatic rings. The van der Waals surface area contributed by atoms with E-state index in [9.17, 15) is 0 Å². The third kappa shape index (κ3) is 3.24. The van der Waals surface area contributed by atoms with Crippen LogP contribution < -0.4 is 10.1 Å². The van der Waals surface area contributed by atoms with Crippen molar-refractivity contribution in [1.29, 1.82) is 0 Å². The Morgan fingerprint density at radius 1 is 1.33 bits per heavy atom. The largest absolute Gasteiger partial charge is 0.497 e. The van der Waals surface area contributed by atoms with Gasteiger partial charge in [0.05, 0.1) is 7.11 Å². The van der Waals surface area contributed by atoms with E-state index in [-0.39, 0.29) is 6.61 Å². The zero-order valence-electron chi connectivity index (χ0n) is 11.2. The zero-order valence-corrected chi connectivity index (χ0v) is 11.2. The van der Waals surface area contributed by atoms with Crippen molar-refractivity contribution in [1.82, 2.24) is 5.32 Å². The van der Waals surface area contributed by atoms with E-state index in [1.807, 2.05) is 12.1 Å². The molecule has 0 aromatic heterocycles. The third-order valence-electron chi connectivity index (χ3n) is 3.81. The fourth-order valence-electron chi connectivity index (χ4n) is 2.58. The summed E-state index contributed by atoms with van der Waals surface area (Å²) in [5.41, 5.74) is 1.41. The molecule has 2 rings (SSSR count). The highest BCUT2D eigenvalue weighted by Gasteiger charge is 2.30. The molecule has 0 heterocycles. The molecule has 18 heavy (non-hydrogen) atoms. The van der Waals surface area contributed by atoms with Gasteiger partial charge in [0, 0.05) is 18.7 Å². The topological polar surface area (TPSA) is 41.5 Å². The maximum Gasteiger partial charge on any atom is 0.118 e. The van der Waals surface area contributed by atoms with Gasteiger partial charge >= 0.3 is 0 Å². The second-order valence-corrected chi connectivity index (χ2v) is 5.22. The van der Waals surface area contributed by atoms with Crippen LogP contribution in [0.3, 0.4) is 0 Å². The maximum atomic E-state index is 8.87. The Kier molecular flexibility index (Phi) is 4.61. The van der Waals surface area contributed by atoms with Crippen molar-refractivity contribution in [2.45, 2.75) is 44.2 Å². The van der Waals surface area contributed by atoms with Crippen LogP contribution >= 0.6 is 0 Å². The SMILES string of the molecule is COc1ccc(C2CC(NC(C)CCO)C2)cc1. The molecule has 0 saturated heterocycles. The highest BCUT2D eigenvalue weighted by molar-refractivity contribution is 5.30. The number of methoxy groups -OCH3 is 1.